The van der Waals surface area contributed by atoms with Crippen LogP contribution in [0.4, 0.5) is 0 Å². The van der Waals surface area contributed by atoms with Crippen molar-refractivity contribution in [3.63, 3.8) is 0 Å². The van der Waals surface area contributed by atoms with E-state index in [1.807, 2.05) is 66.9 Å². The van der Waals surface area contributed by atoms with Gasteiger partial charge in [-0.05, 0) is 36.8 Å². The first-order valence-corrected chi connectivity index (χ1v) is 14.9. The average Bonchev–Trinajstić information content (AvgIpc) is 3.41. The molecule has 0 aliphatic carbocycles. The lowest BCUT2D eigenvalue weighted by molar-refractivity contribution is -0.142. The van der Waals surface area contributed by atoms with Crippen molar-refractivity contribution < 1.29 is 9.53 Å². The molecular weight excluding hydrogens is 576 g/mol. The zero-order valence-corrected chi connectivity index (χ0v) is 25.9. The maximum atomic E-state index is 13.9. The van der Waals surface area contributed by atoms with E-state index >= 15 is 0 Å². The van der Waals surface area contributed by atoms with Crippen LogP contribution in [-0.4, -0.2) is 40.4 Å². The first-order chi connectivity index (χ1) is 21.5. The molecule has 1 atom stereocenters. The summed E-state index contributed by atoms with van der Waals surface area (Å²) in [6.07, 6.45) is 1.44. The Morgan fingerprint density at radius 2 is 1.62 bits per heavy atom. The summed E-state index contributed by atoms with van der Waals surface area (Å²) in [5, 5.41) is 1.76. The fraction of sp³-hybridized carbons (Fsp3) is 0.333. The summed E-state index contributed by atoms with van der Waals surface area (Å²) in [4.78, 5) is 69.9. The summed E-state index contributed by atoms with van der Waals surface area (Å²) in [6, 6.07) is 14.9. The van der Waals surface area contributed by atoms with E-state index in [0.717, 1.165) is 16.7 Å². The van der Waals surface area contributed by atoms with Gasteiger partial charge in [-0.1, -0.05) is 38.5 Å². The summed E-state index contributed by atoms with van der Waals surface area (Å²) >= 11 is 0. The molecule has 0 saturated carbocycles. The van der Waals surface area contributed by atoms with Gasteiger partial charge in [0.25, 0.3) is 11.1 Å². The topological polar surface area (TPSA) is 132 Å². The van der Waals surface area contributed by atoms with E-state index in [-0.39, 0.29) is 31.3 Å². The molecule has 0 aliphatic rings. The standard InChI is InChI=1S/C33H34N6O6/c1-6-7-15-37-31(42)26-22-13-14-24-23(16-25(22)38(28(26)34-32(37)43)17-19(2)18-45-20(3)40)27-29(35(4)33(44)36(5)30(27)41)39(24)21-11-9-8-10-12-21/h8-14,16,19H,6-7,15,17-18H2,1-5H3/t19-/m1/s1. The highest BCUT2D eigenvalue weighted by molar-refractivity contribution is 6.14. The van der Waals surface area contributed by atoms with Gasteiger partial charge in [0.1, 0.15) is 5.65 Å². The Morgan fingerprint density at radius 1 is 0.889 bits per heavy atom. The molecule has 4 aromatic heterocycles. The quantitative estimate of drug-likeness (QED) is 0.242. The molecule has 45 heavy (non-hydrogen) atoms. The number of rotatable bonds is 8. The lowest BCUT2D eigenvalue weighted by Gasteiger charge is -2.14. The molecule has 4 heterocycles. The molecule has 232 valence electrons. The van der Waals surface area contributed by atoms with Crippen LogP contribution in [0.2, 0.25) is 0 Å². The van der Waals surface area contributed by atoms with Gasteiger partial charge in [-0.25, -0.2) is 9.59 Å². The van der Waals surface area contributed by atoms with Gasteiger partial charge < -0.3 is 9.30 Å². The summed E-state index contributed by atoms with van der Waals surface area (Å²) in [5.74, 6) is -0.612. The number of hydrogen-bond donors (Lipinski definition) is 0. The van der Waals surface area contributed by atoms with Crippen molar-refractivity contribution in [2.24, 2.45) is 20.0 Å². The van der Waals surface area contributed by atoms with Crippen molar-refractivity contribution in [3.05, 3.63) is 90.2 Å². The van der Waals surface area contributed by atoms with E-state index in [1.165, 1.54) is 23.1 Å². The Hall–Kier alpha value is -5.26. The third-order valence-electron chi connectivity index (χ3n) is 8.34. The van der Waals surface area contributed by atoms with Crippen LogP contribution in [0, 0.1) is 5.92 Å². The first-order valence-electron chi connectivity index (χ1n) is 14.9. The Kier molecular flexibility index (Phi) is 7.51. The molecule has 0 aliphatic heterocycles. The number of nitrogens with zero attached hydrogens (tertiary/aromatic N) is 6. The van der Waals surface area contributed by atoms with Crippen LogP contribution < -0.4 is 22.5 Å². The largest absolute Gasteiger partial charge is 0.466 e. The molecule has 12 nitrogen and oxygen atoms in total. The van der Waals surface area contributed by atoms with Crippen LogP contribution >= 0.6 is 0 Å². The first kappa shape index (κ1) is 29.8. The van der Waals surface area contributed by atoms with E-state index in [1.54, 1.807) is 11.6 Å². The summed E-state index contributed by atoms with van der Waals surface area (Å²) in [6.45, 7) is 5.87. The second-order valence-corrected chi connectivity index (χ2v) is 11.6. The molecule has 0 spiro atoms. The number of esters is 1. The molecule has 0 radical (unpaired) electrons. The number of fused-ring (bicyclic) bond motifs is 6. The molecule has 12 heteroatoms. The van der Waals surface area contributed by atoms with Crippen LogP contribution in [0.15, 0.2) is 67.7 Å². The van der Waals surface area contributed by atoms with E-state index in [2.05, 4.69) is 4.98 Å². The zero-order valence-electron chi connectivity index (χ0n) is 25.9. The predicted octanol–water partition coefficient (Wildman–Crippen LogP) is 3.21. The molecule has 0 amide bonds. The van der Waals surface area contributed by atoms with Crippen LogP contribution in [0.5, 0.6) is 0 Å². The number of aromatic nitrogens is 6. The van der Waals surface area contributed by atoms with E-state index in [0.29, 0.717) is 44.6 Å². The van der Waals surface area contributed by atoms with E-state index in [4.69, 9.17) is 4.74 Å². The van der Waals surface area contributed by atoms with Crippen LogP contribution in [0.25, 0.3) is 49.6 Å². The third-order valence-corrected chi connectivity index (χ3v) is 8.34. The van der Waals surface area contributed by atoms with Crippen molar-refractivity contribution in [3.8, 4) is 5.69 Å². The monoisotopic (exact) mass is 610 g/mol. The number of para-hydroxylation sites is 1. The van der Waals surface area contributed by atoms with Crippen molar-refractivity contribution in [1.29, 1.82) is 0 Å². The highest BCUT2D eigenvalue weighted by Crippen LogP contribution is 2.33. The minimum absolute atomic E-state index is 0.124. The van der Waals surface area contributed by atoms with Crippen LogP contribution in [0.3, 0.4) is 0 Å². The maximum Gasteiger partial charge on any atom is 0.352 e. The van der Waals surface area contributed by atoms with Crippen molar-refractivity contribution in [1.82, 2.24) is 27.8 Å². The Bertz CT molecular complexity index is 2390. The average molecular weight is 611 g/mol. The van der Waals surface area contributed by atoms with Gasteiger partial charge in [-0.15, -0.1) is 0 Å². The number of carbonyl (C=O) groups excluding carboxylic acids is 1. The van der Waals surface area contributed by atoms with E-state index in [9.17, 15) is 24.0 Å². The zero-order chi connectivity index (χ0) is 32.2. The lowest BCUT2D eigenvalue weighted by Crippen LogP contribution is -2.37. The molecule has 0 saturated heterocycles. The van der Waals surface area contributed by atoms with Crippen molar-refractivity contribution >= 4 is 49.8 Å². The van der Waals surface area contributed by atoms with Gasteiger partial charge >= 0.3 is 17.3 Å². The van der Waals surface area contributed by atoms with Crippen molar-refractivity contribution in [2.75, 3.05) is 6.61 Å². The molecule has 2 aromatic carbocycles. The number of ether oxygens (including phenoxy) is 1. The lowest BCUT2D eigenvalue weighted by atomic mass is 10.2. The minimum Gasteiger partial charge on any atom is -0.466 e. The number of hydrogen-bond acceptors (Lipinski definition) is 7. The van der Waals surface area contributed by atoms with Crippen LogP contribution in [0.1, 0.15) is 33.6 Å². The number of aryl methyl sites for hydroxylation is 1. The number of benzene rings is 1. The molecule has 0 fully saturated rings. The second kappa shape index (κ2) is 11.3. The number of unbranched alkanes of at least 4 members (excludes halogenated alkanes) is 1. The minimum atomic E-state index is -0.628. The summed E-state index contributed by atoms with van der Waals surface area (Å²) < 4.78 is 12.6. The highest BCUT2D eigenvalue weighted by atomic mass is 16.5. The summed E-state index contributed by atoms with van der Waals surface area (Å²) in [7, 11) is 3.07. The van der Waals surface area contributed by atoms with Gasteiger partial charge in [0.05, 0.1) is 28.4 Å². The predicted molar refractivity (Wildman–Crippen MR) is 173 cm³/mol. The van der Waals surface area contributed by atoms with Gasteiger partial charge in [0.2, 0.25) is 0 Å². The normalized spacial score (nSPS) is 12.5. The third kappa shape index (κ3) is 4.77. The Balaban J connectivity index is 1.81. The summed E-state index contributed by atoms with van der Waals surface area (Å²) in [5.41, 5.74) is 0.656. The molecule has 6 rings (SSSR count). The highest BCUT2D eigenvalue weighted by Gasteiger charge is 2.24. The fourth-order valence-electron chi connectivity index (χ4n) is 6.13. The Labute approximate surface area is 256 Å². The van der Waals surface area contributed by atoms with Gasteiger partial charge in [-0.3, -0.25) is 32.7 Å². The Morgan fingerprint density at radius 3 is 2.31 bits per heavy atom. The molecule has 0 N–H and O–H groups in total. The SMILES string of the molecule is CCCCn1c(=O)nc2c(c1=O)c1ccc3c(cc1n2C[C@@H](C)COC(C)=O)c1c(=O)n(C)c(=O)n(C)c1n3-c1ccccc1. The van der Waals surface area contributed by atoms with Gasteiger partial charge in [0.15, 0.2) is 5.65 Å². The molecule has 6 aromatic rings. The van der Waals surface area contributed by atoms with E-state index < -0.39 is 28.5 Å². The fourth-order valence-corrected chi connectivity index (χ4v) is 6.13. The second-order valence-electron chi connectivity index (χ2n) is 11.6. The number of carbonyl (C=O) groups is 1. The smallest absolute Gasteiger partial charge is 0.352 e. The molecular formula is C33H34N6O6. The maximum absolute atomic E-state index is 13.9. The van der Waals surface area contributed by atoms with Crippen LogP contribution in [-0.2, 0) is 36.7 Å². The van der Waals surface area contributed by atoms with Gasteiger partial charge in [0, 0.05) is 56.5 Å². The van der Waals surface area contributed by atoms with Gasteiger partial charge in [-0.2, -0.15) is 4.98 Å². The molecule has 0 bridgehead atoms. The molecule has 0 unspecified atom stereocenters. The van der Waals surface area contributed by atoms with Crippen molar-refractivity contribution in [2.45, 2.75) is 46.7 Å².